The number of nitrogen functional groups attached to an aromatic ring is 1. The van der Waals surface area contributed by atoms with E-state index < -0.39 is 38.3 Å². The number of fused-ring (bicyclic) bond motifs is 1. The number of nitrogens with two attached hydrogens (primary N) is 1. The van der Waals surface area contributed by atoms with E-state index in [1.54, 1.807) is 0 Å². The number of phosphoric acid groups is 1. The summed E-state index contributed by atoms with van der Waals surface area (Å²) in [6.07, 6.45) is -0.0879. The van der Waals surface area contributed by atoms with E-state index in [1.165, 1.54) is 0 Å². The summed E-state index contributed by atoms with van der Waals surface area (Å²) in [6.45, 7) is -0.649. The summed E-state index contributed by atoms with van der Waals surface area (Å²) in [5, 5.41) is 18.9. The monoisotopic (exact) mass is 388 g/mol. The van der Waals surface area contributed by atoms with Crippen LogP contribution in [0.2, 0.25) is 0 Å². The van der Waals surface area contributed by atoms with Crippen molar-refractivity contribution in [3.8, 4) is 0 Å². The van der Waals surface area contributed by atoms with Crippen molar-refractivity contribution >= 4 is 30.8 Å². The molecule has 26 heavy (non-hydrogen) atoms. The number of aromatic amines is 1. The van der Waals surface area contributed by atoms with Gasteiger partial charge in [0.1, 0.15) is 11.9 Å². The molecule has 2 unspecified atom stereocenters. The highest BCUT2D eigenvalue weighted by atomic mass is 31.2. The fourth-order valence-corrected chi connectivity index (χ4v) is 2.82. The van der Waals surface area contributed by atoms with Gasteiger partial charge in [0.05, 0.1) is 17.6 Å². The number of hydrogen-bond donors (Lipinski definition) is 6. The second-order valence-corrected chi connectivity index (χ2v) is 6.54. The third-order valence-electron chi connectivity index (χ3n) is 3.55. The lowest BCUT2D eigenvalue weighted by atomic mass is 10.2. The highest BCUT2D eigenvalue weighted by molar-refractivity contribution is 7.46. The molecule has 1 aliphatic rings. The van der Waals surface area contributed by atoms with Gasteiger partial charge < -0.3 is 35.0 Å². The van der Waals surface area contributed by atoms with Crippen LogP contribution in [-0.4, -0.2) is 53.2 Å². The van der Waals surface area contributed by atoms with E-state index in [0.717, 1.165) is 16.8 Å². The Balaban J connectivity index is 2.00. The molecule has 0 aliphatic carbocycles. The smallest absolute Gasteiger partial charge is 0.469 e. The Kier molecular flexibility index (Phi) is 4.34. The number of ether oxygens (including phenoxy) is 1. The minimum absolute atomic E-state index is 0.103. The predicted octanol–water partition coefficient (Wildman–Crippen LogP) is -0.546. The molecule has 0 radical (unpaired) electrons. The lowest BCUT2D eigenvalue weighted by Gasteiger charge is -2.16. The Hall–Kier alpha value is -2.70. The summed E-state index contributed by atoms with van der Waals surface area (Å²) in [5.74, 6) is -2.04. The maximum Gasteiger partial charge on any atom is 0.469 e. The number of H-pyrrole nitrogens is 1. The summed E-state index contributed by atoms with van der Waals surface area (Å²) in [7, 11) is -4.77. The average Bonchev–Trinajstić information content (AvgIpc) is 3.05. The van der Waals surface area contributed by atoms with Crippen LogP contribution in [0.3, 0.4) is 0 Å². The van der Waals surface area contributed by atoms with E-state index in [9.17, 15) is 24.4 Å². The lowest BCUT2D eigenvalue weighted by Crippen LogP contribution is -2.20. The number of aromatic nitrogens is 3. The number of rotatable bonds is 5. The van der Waals surface area contributed by atoms with Crippen LogP contribution < -0.4 is 11.3 Å². The van der Waals surface area contributed by atoms with Gasteiger partial charge in [0.15, 0.2) is 11.9 Å². The molecular weight excluding hydrogens is 375 g/mol. The van der Waals surface area contributed by atoms with Crippen LogP contribution in [0.4, 0.5) is 5.95 Å². The van der Waals surface area contributed by atoms with E-state index in [4.69, 9.17) is 20.3 Å². The van der Waals surface area contributed by atoms with Crippen LogP contribution in [0, 0.1) is 0 Å². The highest BCUT2D eigenvalue weighted by Gasteiger charge is 2.33. The van der Waals surface area contributed by atoms with Crippen molar-refractivity contribution in [3.05, 3.63) is 33.9 Å². The normalized spacial score (nSPS) is 20.5. The van der Waals surface area contributed by atoms with Gasteiger partial charge >= 0.3 is 13.8 Å². The molecule has 0 saturated heterocycles. The first-order valence-electron chi connectivity index (χ1n) is 6.96. The molecule has 0 bridgehead atoms. The molecule has 0 amide bonds. The van der Waals surface area contributed by atoms with E-state index in [1.807, 2.05) is 0 Å². The Labute approximate surface area is 143 Å². The van der Waals surface area contributed by atoms with Gasteiger partial charge in [-0.3, -0.25) is 14.3 Å². The van der Waals surface area contributed by atoms with Crippen molar-refractivity contribution in [1.82, 2.24) is 14.5 Å². The van der Waals surface area contributed by atoms with Gasteiger partial charge in [-0.05, 0) is 0 Å². The molecule has 0 fully saturated rings. The number of nitrogens with one attached hydrogen (secondary N) is 1. The summed E-state index contributed by atoms with van der Waals surface area (Å²) in [5.41, 5.74) is 4.26. The average molecular weight is 388 g/mol. The molecule has 0 spiro atoms. The Morgan fingerprint density at radius 2 is 2.19 bits per heavy atom. The summed E-state index contributed by atoms with van der Waals surface area (Å²) in [6, 6.07) is 0. The Morgan fingerprint density at radius 3 is 2.81 bits per heavy atom. The summed E-state index contributed by atoms with van der Waals surface area (Å²) in [4.78, 5) is 46.9. The third kappa shape index (κ3) is 3.34. The lowest BCUT2D eigenvalue weighted by molar-refractivity contribution is -0.0211. The minimum atomic E-state index is -4.77. The standard InChI is InChI=1S/C12H13N4O9P/c13-12-14-9-8(10(18)15-12)4(11(19)20)2-16(9)7-1-5(17)6(25-7)3-24-26(21,22)23/h1-2,6-7,17H,3H2,(H,19,20)(H2,21,22,23)(H3,13,14,15,18). The number of carboxylic acids is 1. The van der Waals surface area contributed by atoms with Gasteiger partial charge in [0.2, 0.25) is 5.95 Å². The van der Waals surface area contributed by atoms with Crippen molar-refractivity contribution in [3.63, 3.8) is 0 Å². The molecule has 7 N–H and O–H groups in total. The second-order valence-electron chi connectivity index (χ2n) is 5.30. The number of carbonyl (C=O) groups is 1. The van der Waals surface area contributed by atoms with Crippen LogP contribution >= 0.6 is 7.82 Å². The van der Waals surface area contributed by atoms with Crippen molar-refractivity contribution in [2.45, 2.75) is 12.3 Å². The molecule has 0 saturated carbocycles. The first kappa shape index (κ1) is 18.1. The molecule has 2 atom stereocenters. The largest absolute Gasteiger partial charge is 0.510 e. The fourth-order valence-electron chi connectivity index (χ4n) is 2.49. The van der Waals surface area contributed by atoms with Gasteiger partial charge in [0, 0.05) is 12.3 Å². The highest BCUT2D eigenvalue weighted by Crippen LogP contribution is 2.38. The molecule has 1 aliphatic heterocycles. The van der Waals surface area contributed by atoms with Crippen LogP contribution in [0.1, 0.15) is 16.6 Å². The molecule has 2 aromatic rings. The number of aliphatic hydroxyl groups excluding tert-OH is 1. The topological polar surface area (TPSA) is 210 Å². The Morgan fingerprint density at radius 1 is 1.50 bits per heavy atom. The Bertz CT molecular complexity index is 1020. The first-order chi connectivity index (χ1) is 12.1. The van der Waals surface area contributed by atoms with Gasteiger partial charge in [-0.25, -0.2) is 9.36 Å². The predicted molar refractivity (Wildman–Crippen MR) is 84.3 cm³/mol. The van der Waals surface area contributed by atoms with Crippen molar-refractivity contribution in [1.29, 1.82) is 0 Å². The fraction of sp³-hybridized carbons (Fsp3) is 0.250. The van der Waals surface area contributed by atoms with Gasteiger partial charge in [-0.2, -0.15) is 4.98 Å². The zero-order valence-corrected chi connectivity index (χ0v) is 13.7. The van der Waals surface area contributed by atoms with Crippen molar-refractivity contribution < 1.29 is 38.6 Å². The number of carboxylic acid groups (broad SMARTS) is 1. The summed E-state index contributed by atoms with van der Waals surface area (Å²) < 4.78 is 21.6. The second kappa shape index (κ2) is 6.23. The van der Waals surface area contributed by atoms with Crippen LogP contribution in [0.15, 0.2) is 22.8 Å². The molecule has 3 heterocycles. The molecular formula is C12H13N4O9P. The van der Waals surface area contributed by atoms with Crippen LogP contribution in [0.25, 0.3) is 11.0 Å². The molecule has 14 heteroatoms. The number of hydrogen-bond acceptors (Lipinski definition) is 8. The number of aliphatic hydroxyl groups is 1. The maximum absolute atomic E-state index is 12.0. The maximum atomic E-state index is 12.0. The van der Waals surface area contributed by atoms with E-state index in [-0.39, 0.29) is 28.3 Å². The number of phosphoric ester groups is 1. The first-order valence-corrected chi connectivity index (χ1v) is 8.49. The number of aromatic carboxylic acids is 1. The van der Waals surface area contributed by atoms with Gasteiger partial charge in [0.25, 0.3) is 5.56 Å². The molecule has 13 nitrogen and oxygen atoms in total. The van der Waals surface area contributed by atoms with E-state index in [0.29, 0.717) is 0 Å². The van der Waals surface area contributed by atoms with Gasteiger partial charge in [-0.1, -0.05) is 0 Å². The molecule has 140 valence electrons. The third-order valence-corrected chi connectivity index (χ3v) is 4.03. The van der Waals surface area contributed by atoms with Gasteiger partial charge in [-0.15, -0.1) is 0 Å². The van der Waals surface area contributed by atoms with Crippen LogP contribution in [0.5, 0.6) is 0 Å². The number of anilines is 1. The molecule has 2 aromatic heterocycles. The van der Waals surface area contributed by atoms with E-state index >= 15 is 0 Å². The molecule has 3 rings (SSSR count). The SMILES string of the molecule is Nc1nc2c(c(C(=O)O)cn2C2C=C(O)C(COP(=O)(O)O)O2)c(=O)[nH]1. The van der Waals surface area contributed by atoms with Crippen LogP contribution in [-0.2, 0) is 13.8 Å². The van der Waals surface area contributed by atoms with E-state index in [2.05, 4.69) is 14.5 Å². The molecule has 0 aromatic carbocycles. The van der Waals surface area contributed by atoms with Crippen molar-refractivity contribution in [2.75, 3.05) is 12.3 Å². The summed E-state index contributed by atoms with van der Waals surface area (Å²) >= 11 is 0. The van der Waals surface area contributed by atoms with Crippen molar-refractivity contribution in [2.24, 2.45) is 0 Å². The quantitative estimate of drug-likeness (QED) is 0.358. The minimum Gasteiger partial charge on any atom is -0.510 e. The number of nitrogens with zero attached hydrogens (tertiary/aromatic N) is 2. The zero-order chi connectivity index (χ0) is 19.2. The zero-order valence-electron chi connectivity index (χ0n) is 12.8.